The summed E-state index contributed by atoms with van der Waals surface area (Å²) in [5.41, 5.74) is -1.39. The summed E-state index contributed by atoms with van der Waals surface area (Å²) in [5.74, 6) is -0.311. The van der Waals surface area contributed by atoms with Crippen molar-refractivity contribution in [3.8, 4) is 0 Å². The van der Waals surface area contributed by atoms with Crippen LogP contribution in [0.5, 0.6) is 0 Å². The number of rotatable bonds is 5. The van der Waals surface area contributed by atoms with Crippen LogP contribution in [-0.4, -0.2) is 57.9 Å². The van der Waals surface area contributed by atoms with E-state index in [0.29, 0.717) is 18.7 Å². The van der Waals surface area contributed by atoms with Gasteiger partial charge in [-0.1, -0.05) is 5.16 Å². The molecular weight excluding hydrogens is 328 g/mol. The van der Waals surface area contributed by atoms with Crippen molar-refractivity contribution in [1.82, 2.24) is 20.4 Å². The van der Waals surface area contributed by atoms with Crippen LogP contribution in [0.15, 0.2) is 4.52 Å². The molecule has 9 nitrogen and oxygen atoms in total. The van der Waals surface area contributed by atoms with Crippen LogP contribution >= 0.6 is 0 Å². The number of amides is 1. The van der Waals surface area contributed by atoms with Crippen molar-refractivity contribution in [3.63, 3.8) is 0 Å². The maximum absolute atomic E-state index is 12.3. The fraction of sp³-hybridized carbons (Fsp3) is 0.750. The zero-order chi connectivity index (χ0) is 18.7. The van der Waals surface area contributed by atoms with E-state index >= 15 is 0 Å². The SMILES string of the molecule is CN1CCC(NC(=O)OC(C)(C)C)(c2noc(CCC(=O)O)n2)CC1. The number of piperidine rings is 1. The van der Waals surface area contributed by atoms with E-state index in [0.717, 1.165) is 13.1 Å². The van der Waals surface area contributed by atoms with Crippen molar-refractivity contribution in [2.24, 2.45) is 0 Å². The highest BCUT2D eigenvalue weighted by Crippen LogP contribution is 2.31. The fourth-order valence-corrected chi connectivity index (χ4v) is 2.67. The third kappa shape index (κ3) is 5.42. The van der Waals surface area contributed by atoms with Gasteiger partial charge in [-0.25, -0.2) is 4.79 Å². The summed E-state index contributed by atoms with van der Waals surface area (Å²) in [6, 6.07) is 0. The van der Waals surface area contributed by atoms with Gasteiger partial charge in [0.25, 0.3) is 0 Å². The highest BCUT2D eigenvalue weighted by Gasteiger charge is 2.42. The molecule has 1 aromatic heterocycles. The normalized spacial score (nSPS) is 17.9. The number of aliphatic carboxylic acids is 1. The van der Waals surface area contributed by atoms with Crippen molar-refractivity contribution in [2.75, 3.05) is 20.1 Å². The Hall–Kier alpha value is -2.16. The molecule has 0 atom stereocenters. The van der Waals surface area contributed by atoms with Crippen LogP contribution < -0.4 is 5.32 Å². The van der Waals surface area contributed by atoms with Crippen LogP contribution in [0.25, 0.3) is 0 Å². The van der Waals surface area contributed by atoms with Gasteiger partial charge < -0.3 is 24.6 Å². The number of nitrogens with one attached hydrogen (secondary N) is 1. The topological polar surface area (TPSA) is 118 Å². The first-order valence-corrected chi connectivity index (χ1v) is 8.34. The molecule has 25 heavy (non-hydrogen) atoms. The number of carbonyl (C=O) groups is 2. The summed E-state index contributed by atoms with van der Waals surface area (Å²) in [6.07, 6.45) is 0.761. The van der Waals surface area contributed by atoms with Gasteiger partial charge in [0.2, 0.25) is 5.89 Å². The summed E-state index contributed by atoms with van der Waals surface area (Å²) < 4.78 is 10.5. The molecule has 0 spiro atoms. The molecule has 0 unspecified atom stereocenters. The number of hydrogen-bond donors (Lipinski definition) is 2. The molecule has 0 aromatic carbocycles. The van der Waals surface area contributed by atoms with Crippen molar-refractivity contribution >= 4 is 12.1 Å². The number of aromatic nitrogens is 2. The van der Waals surface area contributed by atoms with E-state index in [1.807, 2.05) is 7.05 Å². The van der Waals surface area contributed by atoms with E-state index in [4.69, 9.17) is 14.4 Å². The lowest BCUT2D eigenvalue weighted by Gasteiger charge is -2.39. The Bertz CT molecular complexity index is 614. The molecule has 0 aliphatic carbocycles. The number of nitrogens with zero attached hydrogens (tertiary/aromatic N) is 3. The summed E-state index contributed by atoms with van der Waals surface area (Å²) in [6.45, 7) is 6.91. The Kier molecular flexibility index (Phi) is 5.66. The molecule has 9 heteroatoms. The molecule has 1 fully saturated rings. The van der Waals surface area contributed by atoms with Gasteiger partial charge in [-0.15, -0.1) is 0 Å². The average molecular weight is 354 g/mol. The van der Waals surface area contributed by atoms with Gasteiger partial charge in [-0.05, 0) is 40.7 Å². The number of carboxylic acid groups (broad SMARTS) is 1. The first-order valence-electron chi connectivity index (χ1n) is 8.34. The Morgan fingerprint density at radius 2 is 2.00 bits per heavy atom. The lowest BCUT2D eigenvalue weighted by atomic mass is 9.87. The minimum absolute atomic E-state index is 0.0864. The van der Waals surface area contributed by atoms with Gasteiger partial charge in [0, 0.05) is 19.5 Å². The lowest BCUT2D eigenvalue weighted by molar-refractivity contribution is -0.137. The van der Waals surface area contributed by atoms with Crippen molar-refractivity contribution in [1.29, 1.82) is 0 Å². The minimum atomic E-state index is -0.930. The van der Waals surface area contributed by atoms with E-state index < -0.39 is 23.2 Å². The number of hydrogen-bond acceptors (Lipinski definition) is 7. The summed E-state index contributed by atoms with van der Waals surface area (Å²) >= 11 is 0. The molecule has 0 saturated carbocycles. The molecule has 2 rings (SSSR count). The molecule has 1 aliphatic heterocycles. The highest BCUT2D eigenvalue weighted by atomic mass is 16.6. The van der Waals surface area contributed by atoms with Crippen LogP contribution in [0.3, 0.4) is 0 Å². The van der Waals surface area contributed by atoms with Crippen LogP contribution in [0.2, 0.25) is 0 Å². The maximum Gasteiger partial charge on any atom is 0.408 e. The standard InChI is InChI=1S/C16H26N4O5/c1-15(2,3)24-14(23)18-16(7-9-20(4)10-8-16)13-17-11(25-19-13)5-6-12(21)22/h5-10H2,1-4H3,(H,18,23)(H,21,22). The Balaban J connectivity index is 2.18. The summed E-state index contributed by atoms with van der Waals surface area (Å²) in [7, 11) is 2.01. The number of alkyl carbamates (subject to hydrolysis) is 1. The second-order valence-electron chi connectivity index (χ2n) is 7.42. The number of ether oxygens (including phenoxy) is 1. The summed E-state index contributed by atoms with van der Waals surface area (Å²) in [5, 5.41) is 15.7. The Labute approximate surface area is 146 Å². The molecule has 2 N–H and O–H groups in total. The van der Waals surface area contributed by atoms with E-state index in [-0.39, 0.29) is 18.7 Å². The monoisotopic (exact) mass is 354 g/mol. The third-order valence-electron chi connectivity index (χ3n) is 4.03. The van der Waals surface area contributed by atoms with E-state index in [1.54, 1.807) is 20.8 Å². The Morgan fingerprint density at radius 3 is 2.56 bits per heavy atom. The fourth-order valence-electron chi connectivity index (χ4n) is 2.67. The molecular formula is C16H26N4O5. The van der Waals surface area contributed by atoms with Crippen molar-refractivity contribution in [2.45, 2.75) is 57.6 Å². The van der Waals surface area contributed by atoms with Crippen LogP contribution in [-0.2, 0) is 21.5 Å². The smallest absolute Gasteiger partial charge is 0.408 e. The van der Waals surface area contributed by atoms with Gasteiger partial charge in [-0.3, -0.25) is 4.79 Å². The molecule has 1 aliphatic rings. The van der Waals surface area contributed by atoms with Crippen molar-refractivity contribution < 1.29 is 24.0 Å². The van der Waals surface area contributed by atoms with Gasteiger partial charge in [0.05, 0.1) is 6.42 Å². The van der Waals surface area contributed by atoms with E-state index in [2.05, 4.69) is 20.4 Å². The Morgan fingerprint density at radius 1 is 1.36 bits per heavy atom. The lowest BCUT2D eigenvalue weighted by Crippen LogP contribution is -2.54. The molecule has 1 amide bonds. The first kappa shape index (κ1) is 19.2. The van der Waals surface area contributed by atoms with E-state index in [9.17, 15) is 9.59 Å². The average Bonchev–Trinajstić information content (AvgIpc) is 2.95. The third-order valence-corrected chi connectivity index (χ3v) is 4.03. The van der Waals surface area contributed by atoms with E-state index in [1.165, 1.54) is 0 Å². The summed E-state index contributed by atoms with van der Waals surface area (Å²) in [4.78, 5) is 29.5. The van der Waals surface area contributed by atoms with Gasteiger partial charge in [0.15, 0.2) is 5.82 Å². The predicted octanol–water partition coefficient (Wildman–Crippen LogP) is 1.53. The molecule has 1 aromatic rings. The quantitative estimate of drug-likeness (QED) is 0.817. The maximum atomic E-state index is 12.3. The zero-order valence-corrected chi connectivity index (χ0v) is 15.2. The number of aryl methyl sites for hydroxylation is 1. The molecule has 2 heterocycles. The number of likely N-dealkylation sites (tertiary alicyclic amines) is 1. The minimum Gasteiger partial charge on any atom is -0.481 e. The molecule has 140 valence electrons. The highest BCUT2D eigenvalue weighted by molar-refractivity contribution is 5.69. The number of carboxylic acids is 1. The number of carbonyl (C=O) groups excluding carboxylic acids is 1. The second kappa shape index (κ2) is 7.38. The van der Waals surface area contributed by atoms with Crippen LogP contribution in [0.1, 0.15) is 51.7 Å². The van der Waals surface area contributed by atoms with Crippen LogP contribution in [0.4, 0.5) is 4.79 Å². The van der Waals surface area contributed by atoms with Crippen LogP contribution in [0, 0.1) is 0 Å². The largest absolute Gasteiger partial charge is 0.481 e. The molecule has 0 radical (unpaired) electrons. The zero-order valence-electron chi connectivity index (χ0n) is 15.2. The molecule has 1 saturated heterocycles. The van der Waals surface area contributed by atoms with Gasteiger partial charge in [0.1, 0.15) is 11.1 Å². The first-order chi connectivity index (χ1) is 11.6. The van der Waals surface area contributed by atoms with Gasteiger partial charge in [-0.2, -0.15) is 4.98 Å². The predicted molar refractivity (Wildman–Crippen MR) is 88.0 cm³/mol. The molecule has 0 bridgehead atoms. The van der Waals surface area contributed by atoms with Gasteiger partial charge >= 0.3 is 12.1 Å². The van der Waals surface area contributed by atoms with Crippen molar-refractivity contribution in [3.05, 3.63) is 11.7 Å². The second-order valence-corrected chi connectivity index (χ2v) is 7.42.